The first-order chi connectivity index (χ1) is 15.0. The zero-order valence-corrected chi connectivity index (χ0v) is 17.4. The van der Waals surface area contributed by atoms with Crippen LogP contribution in [0.2, 0.25) is 0 Å². The molecule has 0 aliphatic carbocycles. The summed E-state index contributed by atoms with van der Waals surface area (Å²) < 4.78 is 1.92. The van der Waals surface area contributed by atoms with Crippen molar-refractivity contribution in [3.63, 3.8) is 0 Å². The van der Waals surface area contributed by atoms with Gasteiger partial charge < -0.3 is 10.6 Å². The minimum Gasteiger partial charge on any atom is -0.350 e. The zero-order chi connectivity index (χ0) is 21.8. The van der Waals surface area contributed by atoms with Crippen LogP contribution in [0.15, 0.2) is 67.1 Å². The highest BCUT2D eigenvalue weighted by molar-refractivity contribution is 5.96. The predicted octanol–water partition coefficient (Wildman–Crippen LogP) is 3.08. The van der Waals surface area contributed by atoms with Crippen molar-refractivity contribution in [2.24, 2.45) is 0 Å². The lowest BCUT2D eigenvalue weighted by Crippen LogP contribution is -2.36. The highest BCUT2D eigenvalue weighted by Gasteiger charge is 2.09. The van der Waals surface area contributed by atoms with Gasteiger partial charge >= 0.3 is 0 Å². The van der Waals surface area contributed by atoms with Gasteiger partial charge in [-0.15, -0.1) is 0 Å². The molecule has 0 spiro atoms. The lowest BCUT2D eigenvalue weighted by atomic mass is 10.1. The van der Waals surface area contributed by atoms with Crippen molar-refractivity contribution in [2.75, 3.05) is 6.54 Å². The van der Waals surface area contributed by atoms with Gasteiger partial charge in [-0.3, -0.25) is 14.2 Å². The molecule has 0 radical (unpaired) electrons. The molecule has 7 heteroatoms. The molecule has 4 rings (SSSR count). The van der Waals surface area contributed by atoms with Gasteiger partial charge in [-0.05, 0) is 60.9 Å². The Hall–Kier alpha value is -4.00. The van der Waals surface area contributed by atoms with Crippen molar-refractivity contribution in [3.8, 4) is 5.82 Å². The summed E-state index contributed by atoms with van der Waals surface area (Å²) in [5.41, 5.74) is 5.45. The van der Waals surface area contributed by atoms with Gasteiger partial charge in [0.05, 0.1) is 17.6 Å². The molecule has 0 fully saturated rings. The maximum atomic E-state index is 12.2. The lowest BCUT2D eigenvalue weighted by Gasteiger charge is -2.09. The Morgan fingerprint density at radius 2 is 1.77 bits per heavy atom. The van der Waals surface area contributed by atoms with Gasteiger partial charge in [0.25, 0.3) is 5.91 Å². The number of hydrogen-bond acceptors (Lipinski definition) is 4. The fourth-order valence-corrected chi connectivity index (χ4v) is 3.21. The first-order valence-electron chi connectivity index (χ1n) is 10.0. The zero-order valence-electron chi connectivity index (χ0n) is 17.4. The number of hydrogen-bond donors (Lipinski definition) is 2. The van der Waals surface area contributed by atoms with Crippen molar-refractivity contribution < 1.29 is 9.59 Å². The van der Waals surface area contributed by atoms with Crippen molar-refractivity contribution in [1.29, 1.82) is 0 Å². The predicted molar refractivity (Wildman–Crippen MR) is 119 cm³/mol. The number of pyridine rings is 1. The van der Waals surface area contributed by atoms with E-state index < -0.39 is 0 Å². The number of aryl methyl sites for hydroxylation is 2. The van der Waals surface area contributed by atoms with E-state index in [0.29, 0.717) is 12.1 Å². The molecule has 0 aliphatic heterocycles. The molecule has 7 nitrogen and oxygen atoms in total. The van der Waals surface area contributed by atoms with Gasteiger partial charge in [0.15, 0.2) is 0 Å². The van der Waals surface area contributed by atoms with Gasteiger partial charge in [0.2, 0.25) is 5.91 Å². The number of para-hydroxylation sites is 2. The van der Waals surface area contributed by atoms with Crippen LogP contribution < -0.4 is 10.6 Å². The van der Waals surface area contributed by atoms with E-state index in [1.807, 2.05) is 66.9 Å². The summed E-state index contributed by atoms with van der Waals surface area (Å²) in [5.74, 6) is 0.225. The topological polar surface area (TPSA) is 88.9 Å². The number of carbonyl (C=O) groups is 2. The van der Waals surface area contributed by atoms with E-state index >= 15 is 0 Å². The fraction of sp³-hybridized carbons (Fsp3) is 0.167. The third-order valence-corrected chi connectivity index (χ3v) is 5.18. The molecule has 31 heavy (non-hydrogen) atoms. The molecule has 0 atom stereocenters. The molecular formula is C24H23N5O2. The summed E-state index contributed by atoms with van der Waals surface area (Å²) in [7, 11) is 0. The molecule has 0 saturated heterocycles. The van der Waals surface area contributed by atoms with Crippen LogP contribution in [0.4, 0.5) is 0 Å². The monoisotopic (exact) mass is 413 g/mol. The molecule has 156 valence electrons. The van der Waals surface area contributed by atoms with Crippen LogP contribution in [0.25, 0.3) is 16.9 Å². The van der Waals surface area contributed by atoms with E-state index in [4.69, 9.17) is 0 Å². The number of carbonyl (C=O) groups excluding carboxylic acids is 2. The summed E-state index contributed by atoms with van der Waals surface area (Å²) in [6.45, 7) is 4.19. The molecule has 2 aromatic heterocycles. The van der Waals surface area contributed by atoms with Gasteiger partial charge in [0.1, 0.15) is 12.1 Å². The second-order valence-corrected chi connectivity index (χ2v) is 7.39. The van der Waals surface area contributed by atoms with Gasteiger partial charge in [-0.25, -0.2) is 9.97 Å². The number of rotatable bonds is 6. The van der Waals surface area contributed by atoms with Crippen molar-refractivity contribution in [3.05, 3.63) is 89.4 Å². The fourth-order valence-electron chi connectivity index (χ4n) is 3.21. The van der Waals surface area contributed by atoms with Gasteiger partial charge in [-0.2, -0.15) is 0 Å². The summed E-state index contributed by atoms with van der Waals surface area (Å²) in [6.07, 6.45) is 3.46. The largest absolute Gasteiger partial charge is 0.350 e. The van der Waals surface area contributed by atoms with E-state index in [-0.39, 0.29) is 18.4 Å². The van der Waals surface area contributed by atoms with Crippen LogP contribution >= 0.6 is 0 Å². The van der Waals surface area contributed by atoms with Crippen LogP contribution in [0.1, 0.15) is 27.0 Å². The standard InChI is InChI=1S/C24H23N5O2/c1-16-7-9-19(11-17(16)2)24(31)27-14-23(30)26-13-18-8-10-22(25-12-18)29-15-28-20-5-3-4-6-21(20)29/h3-12,15H,13-14H2,1-2H3,(H,26,30)(H,27,31). The second kappa shape index (κ2) is 8.79. The number of nitrogens with zero attached hydrogens (tertiary/aromatic N) is 3. The molecule has 4 aromatic rings. The summed E-state index contributed by atoms with van der Waals surface area (Å²) in [4.78, 5) is 33.2. The minimum absolute atomic E-state index is 0.0850. The minimum atomic E-state index is -0.267. The Kier molecular flexibility index (Phi) is 5.75. The van der Waals surface area contributed by atoms with Crippen molar-refractivity contribution in [1.82, 2.24) is 25.2 Å². The maximum Gasteiger partial charge on any atom is 0.251 e. The molecule has 0 saturated carbocycles. The third-order valence-electron chi connectivity index (χ3n) is 5.18. The number of aromatic nitrogens is 3. The SMILES string of the molecule is Cc1ccc(C(=O)NCC(=O)NCc2ccc(-n3cnc4ccccc43)nc2)cc1C. The van der Waals surface area contributed by atoms with E-state index in [2.05, 4.69) is 20.6 Å². The number of fused-ring (bicyclic) bond motifs is 1. The molecule has 2 aromatic carbocycles. The van der Waals surface area contributed by atoms with E-state index in [1.54, 1.807) is 18.6 Å². The van der Waals surface area contributed by atoms with Crippen LogP contribution in [-0.4, -0.2) is 32.9 Å². The summed E-state index contributed by atoms with van der Waals surface area (Å²) >= 11 is 0. The van der Waals surface area contributed by atoms with Crippen molar-refractivity contribution >= 4 is 22.8 Å². The molecule has 0 bridgehead atoms. The molecular weight excluding hydrogens is 390 g/mol. The first kappa shape index (κ1) is 20.3. The Labute approximate surface area is 180 Å². The van der Waals surface area contributed by atoms with Crippen LogP contribution in [0.5, 0.6) is 0 Å². The van der Waals surface area contributed by atoms with Gasteiger partial charge in [0, 0.05) is 18.3 Å². The number of benzene rings is 2. The lowest BCUT2D eigenvalue weighted by molar-refractivity contribution is -0.120. The van der Waals surface area contributed by atoms with E-state index in [1.165, 1.54) is 0 Å². The van der Waals surface area contributed by atoms with Crippen LogP contribution in [-0.2, 0) is 11.3 Å². The van der Waals surface area contributed by atoms with Gasteiger partial charge in [-0.1, -0.05) is 24.3 Å². The molecule has 0 unspecified atom stereocenters. The first-order valence-corrected chi connectivity index (χ1v) is 10.0. The van der Waals surface area contributed by atoms with Crippen LogP contribution in [0.3, 0.4) is 0 Å². The highest BCUT2D eigenvalue weighted by Crippen LogP contribution is 2.16. The molecule has 0 aliphatic rings. The number of amides is 2. The van der Waals surface area contributed by atoms with Crippen molar-refractivity contribution in [2.45, 2.75) is 20.4 Å². The Morgan fingerprint density at radius 1 is 0.935 bits per heavy atom. The third kappa shape index (κ3) is 4.61. The molecule has 2 heterocycles. The summed E-state index contributed by atoms with van der Waals surface area (Å²) in [5, 5.41) is 5.45. The van der Waals surface area contributed by atoms with Crippen LogP contribution in [0, 0.1) is 13.8 Å². The summed E-state index contributed by atoms with van der Waals surface area (Å²) in [6, 6.07) is 17.1. The second-order valence-electron chi connectivity index (χ2n) is 7.39. The molecule has 2 amide bonds. The Balaban J connectivity index is 1.30. The average molecular weight is 413 g/mol. The number of imidazole rings is 1. The average Bonchev–Trinajstić information content (AvgIpc) is 3.22. The van der Waals surface area contributed by atoms with E-state index in [0.717, 1.165) is 33.5 Å². The normalized spacial score (nSPS) is 10.8. The Bertz CT molecular complexity index is 1240. The highest BCUT2D eigenvalue weighted by atomic mass is 16.2. The Morgan fingerprint density at radius 3 is 2.55 bits per heavy atom. The maximum absolute atomic E-state index is 12.2. The number of nitrogens with one attached hydrogen (secondary N) is 2. The smallest absolute Gasteiger partial charge is 0.251 e. The molecule has 2 N–H and O–H groups in total. The van der Waals surface area contributed by atoms with E-state index in [9.17, 15) is 9.59 Å². The quantitative estimate of drug-likeness (QED) is 0.508.